The summed E-state index contributed by atoms with van der Waals surface area (Å²) in [5.41, 5.74) is 8.40. The molecule has 0 bridgehead atoms. The minimum Gasteiger partial charge on any atom is -0.455 e. The van der Waals surface area contributed by atoms with Crippen molar-refractivity contribution in [2.24, 2.45) is 5.73 Å². The first-order chi connectivity index (χ1) is 8.59. The fourth-order valence-corrected chi connectivity index (χ4v) is 1.76. The number of aromatic nitrogens is 1. The van der Waals surface area contributed by atoms with Crippen LogP contribution in [0.3, 0.4) is 0 Å². The molecule has 0 aliphatic rings. The molecule has 4 heteroatoms. The maximum Gasteiger partial charge on any atom is 0.156 e. The Bertz CT molecular complexity index is 596. The highest BCUT2D eigenvalue weighted by Crippen LogP contribution is 2.28. The standard InChI is InChI=1S/C14H14N2OS/c1-9-5-3-6-11(10(9)2)17-12-7-4-8-16-13(12)14(15)18/h3-8H,1-2H3,(H2,15,18). The summed E-state index contributed by atoms with van der Waals surface area (Å²) >= 11 is 4.96. The summed E-state index contributed by atoms with van der Waals surface area (Å²) in [5, 5.41) is 0. The Morgan fingerprint density at radius 3 is 2.61 bits per heavy atom. The third-order valence-electron chi connectivity index (χ3n) is 2.78. The fraction of sp³-hybridized carbons (Fsp3) is 0.143. The van der Waals surface area contributed by atoms with E-state index in [1.807, 2.05) is 38.1 Å². The highest BCUT2D eigenvalue weighted by Gasteiger charge is 2.10. The number of nitrogens with zero attached hydrogens (tertiary/aromatic N) is 1. The van der Waals surface area contributed by atoms with Gasteiger partial charge >= 0.3 is 0 Å². The van der Waals surface area contributed by atoms with Crippen LogP contribution in [0.4, 0.5) is 0 Å². The van der Waals surface area contributed by atoms with Crippen molar-refractivity contribution in [3.63, 3.8) is 0 Å². The Morgan fingerprint density at radius 2 is 1.89 bits per heavy atom. The Morgan fingerprint density at radius 1 is 1.17 bits per heavy atom. The molecule has 0 unspecified atom stereocenters. The van der Waals surface area contributed by atoms with Crippen LogP contribution < -0.4 is 10.5 Å². The zero-order chi connectivity index (χ0) is 13.1. The first-order valence-electron chi connectivity index (χ1n) is 5.58. The van der Waals surface area contributed by atoms with Gasteiger partial charge in [0, 0.05) is 6.20 Å². The summed E-state index contributed by atoms with van der Waals surface area (Å²) in [4.78, 5) is 4.37. The summed E-state index contributed by atoms with van der Waals surface area (Å²) in [6.07, 6.45) is 1.64. The van der Waals surface area contributed by atoms with E-state index in [4.69, 9.17) is 22.7 Å². The number of benzene rings is 1. The van der Waals surface area contributed by atoms with Gasteiger partial charge in [0.1, 0.15) is 16.4 Å². The second-order valence-corrected chi connectivity index (χ2v) is 4.45. The maximum absolute atomic E-state index is 5.85. The lowest BCUT2D eigenvalue weighted by atomic mass is 10.1. The average molecular weight is 258 g/mol. The van der Waals surface area contributed by atoms with Gasteiger partial charge in [-0.15, -0.1) is 0 Å². The lowest BCUT2D eigenvalue weighted by Gasteiger charge is -2.12. The first-order valence-corrected chi connectivity index (χ1v) is 5.99. The molecule has 92 valence electrons. The van der Waals surface area contributed by atoms with Crippen molar-refractivity contribution in [3.8, 4) is 11.5 Å². The second-order valence-electron chi connectivity index (χ2n) is 4.01. The van der Waals surface area contributed by atoms with E-state index in [1.165, 1.54) is 5.56 Å². The van der Waals surface area contributed by atoms with Crippen LogP contribution in [0.25, 0.3) is 0 Å². The van der Waals surface area contributed by atoms with Crippen LogP contribution in [-0.4, -0.2) is 9.97 Å². The van der Waals surface area contributed by atoms with Gasteiger partial charge < -0.3 is 10.5 Å². The van der Waals surface area contributed by atoms with Crippen molar-refractivity contribution in [1.29, 1.82) is 0 Å². The molecule has 1 aromatic heterocycles. The number of hydrogen-bond acceptors (Lipinski definition) is 3. The Kier molecular flexibility index (Phi) is 3.58. The van der Waals surface area contributed by atoms with E-state index in [1.54, 1.807) is 12.3 Å². The second kappa shape index (κ2) is 5.14. The normalized spacial score (nSPS) is 10.1. The highest BCUT2D eigenvalue weighted by atomic mass is 32.1. The summed E-state index contributed by atoms with van der Waals surface area (Å²) < 4.78 is 5.85. The minimum atomic E-state index is 0.232. The molecule has 2 rings (SSSR count). The molecular weight excluding hydrogens is 244 g/mol. The summed E-state index contributed by atoms with van der Waals surface area (Å²) in [6.45, 7) is 4.06. The molecule has 1 aromatic carbocycles. The fourth-order valence-electron chi connectivity index (χ4n) is 1.61. The molecule has 18 heavy (non-hydrogen) atoms. The summed E-state index contributed by atoms with van der Waals surface area (Å²) in [5.74, 6) is 1.37. The van der Waals surface area contributed by atoms with Crippen LogP contribution in [0.1, 0.15) is 16.8 Å². The van der Waals surface area contributed by atoms with E-state index >= 15 is 0 Å². The minimum absolute atomic E-state index is 0.232. The summed E-state index contributed by atoms with van der Waals surface area (Å²) in [7, 11) is 0. The van der Waals surface area contributed by atoms with Gasteiger partial charge in [-0.05, 0) is 43.2 Å². The number of ether oxygens (including phenoxy) is 1. The predicted octanol–water partition coefficient (Wildman–Crippen LogP) is 3.12. The van der Waals surface area contributed by atoms with Crippen molar-refractivity contribution in [3.05, 3.63) is 53.3 Å². The van der Waals surface area contributed by atoms with Gasteiger partial charge in [0.2, 0.25) is 0 Å². The topological polar surface area (TPSA) is 48.1 Å². The summed E-state index contributed by atoms with van der Waals surface area (Å²) in [6, 6.07) is 9.51. The van der Waals surface area contributed by atoms with Crippen molar-refractivity contribution in [2.75, 3.05) is 0 Å². The number of pyridine rings is 1. The van der Waals surface area contributed by atoms with Crippen LogP contribution in [0, 0.1) is 13.8 Å². The van der Waals surface area contributed by atoms with Crippen LogP contribution in [0.2, 0.25) is 0 Å². The molecule has 0 radical (unpaired) electrons. The van der Waals surface area contributed by atoms with E-state index in [-0.39, 0.29) is 4.99 Å². The smallest absolute Gasteiger partial charge is 0.156 e. The van der Waals surface area contributed by atoms with Gasteiger partial charge in [-0.3, -0.25) is 0 Å². The molecule has 0 aliphatic carbocycles. The van der Waals surface area contributed by atoms with Gasteiger partial charge in [0.15, 0.2) is 5.75 Å². The van der Waals surface area contributed by atoms with Crippen molar-refractivity contribution in [2.45, 2.75) is 13.8 Å². The predicted molar refractivity (Wildman–Crippen MR) is 76.1 cm³/mol. The number of nitrogens with two attached hydrogens (primary N) is 1. The molecule has 0 saturated heterocycles. The van der Waals surface area contributed by atoms with Crippen molar-refractivity contribution < 1.29 is 4.74 Å². The van der Waals surface area contributed by atoms with E-state index < -0.39 is 0 Å². The average Bonchev–Trinajstić information content (AvgIpc) is 2.35. The Labute approximate surface area is 112 Å². The van der Waals surface area contributed by atoms with Crippen LogP contribution in [0.15, 0.2) is 36.5 Å². The molecule has 2 aromatic rings. The third-order valence-corrected chi connectivity index (χ3v) is 2.97. The van der Waals surface area contributed by atoms with Gasteiger partial charge in [-0.2, -0.15) is 0 Å². The molecule has 0 aliphatic heterocycles. The van der Waals surface area contributed by atoms with Crippen molar-refractivity contribution in [1.82, 2.24) is 4.98 Å². The molecule has 0 fully saturated rings. The maximum atomic E-state index is 5.85. The van der Waals surface area contributed by atoms with Crippen LogP contribution in [-0.2, 0) is 0 Å². The molecule has 0 amide bonds. The van der Waals surface area contributed by atoms with E-state index in [9.17, 15) is 0 Å². The van der Waals surface area contributed by atoms with Crippen molar-refractivity contribution >= 4 is 17.2 Å². The van der Waals surface area contributed by atoms with E-state index in [0.29, 0.717) is 11.4 Å². The first kappa shape index (κ1) is 12.5. The van der Waals surface area contributed by atoms with Gasteiger partial charge in [0.25, 0.3) is 0 Å². The number of rotatable bonds is 3. The number of thiocarbonyl (C=S) groups is 1. The van der Waals surface area contributed by atoms with E-state index in [2.05, 4.69) is 4.98 Å². The molecule has 0 spiro atoms. The molecule has 0 atom stereocenters. The van der Waals surface area contributed by atoms with Gasteiger partial charge in [0.05, 0.1) is 0 Å². The zero-order valence-corrected chi connectivity index (χ0v) is 11.1. The lowest BCUT2D eigenvalue weighted by Crippen LogP contribution is -2.12. The number of aryl methyl sites for hydroxylation is 1. The van der Waals surface area contributed by atoms with E-state index in [0.717, 1.165) is 11.3 Å². The molecule has 0 saturated carbocycles. The monoisotopic (exact) mass is 258 g/mol. The molecule has 2 N–H and O–H groups in total. The van der Waals surface area contributed by atoms with Gasteiger partial charge in [-0.1, -0.05) is 24.4 Å². The Hall–Kier alpha value is -1.94. The molecule has 1 heterocycles. The van der Waals surface area contributed by atoms with Gasteiger partial charge in [-0.25, -0.2) is 4.98 Å². The Balaban J connectivity index is 2.40. The lowest BCUT2D eigenvalue weighted by molar-refractivity contribution is 0.475. The highest BCUT2D eigenvalue weighted by molar-refractivity contribution is 7.80. The third kappa shape index (κ3) is 2.49. The number of hydrogen-bond donors (Lipinski definition) is 1. The largest absolute Gasteiger partial charge is 0.455 e. The van der Waals surface area contributed by atoms with Crippen LogP contribution >= 0.6 is 12.2 Å². The zero-order valence-electron chi connectivity index (χ0n) is 10.3. The quantitative estimate of drug-likeness (QED) is 0.859. The SMILES string of the molecule is Cc1cccc(Oc2cccnc2C(N)=S)c1C. The molecule has 3 nitrogen and oxygen atoms in total. The molecular formula is C14H14N2OS. The van der Waals surface area contributed by atoms with Crippen LogP contribution in [0.5, 0.6) is 11.5 Å².